The first kappa shape index (κ1) is 109. The summed E-state index contributed by atoms with van der Waals surface area (Å²) >= 11 is 0. The molecule has 3 N–H and O–H groups in total. The van der Waals surface area contributed by atoms with E-state index in [1.165, 1.54) is 340 Å². The summed E-state index contributed by atoms with van der Waals surface area (Å²) in [6.45, 7) is 5.09. The third-order valence-corrected chi connectivity index (χ3v) is 23.8. The summed E-state index contributed by atoms with van der Waals surface area (Å²) in [7, 11) is -9.93. The largest absolute Gasteiger partial charge is 0.472 e. The van der Waals surface area contributed by atoms with Crippen LogP contribution in [0.2, 0.25) is 0 Å². The van der Waals surface area contributed by atoms with Crippen molar-refractivity contribution in [3.63, 3.8) is 0 Å². The van der Waals surface area contributed by atoms with Crippen LogP contribution in [-0.4, -0.2) is 96.7 Å². The van der Waals surface area contributed by atoms with Gasteiger partial charge in [-0.15, -0.1) is 0 Å². The van der Waals surface area contributed by atoms with Gasteiger partial charge in [-0.3, -0.25) is 37.3 Å². The maximum Gasteiger partial charge on any atom is 0.472 e. The molecular weight excluding hydrogens is 1440 g/mol. The van der Waals surface area contributed by atoms with Crippen LogP contribution in [0.1, 0.15) is 509 Å². The molecule has 0 saturated heterocycles. The number of carbonyl (C=O) groups is 4. The van der Waals surface area contributed by atoms with Gasteiger partial charge in [-0.25, -0.2) is 9.13 Å². The van der Waals surface area contributed by atoms with E-state index in [0.717, 1.165) is 89.9 Å². The summed E-state index contributed by atoms with van der Waals surface area (Å²) in [5.74, 6) is -2.09. The Bertz CT molecular complexity index is 2090. The summed E-state index contributed by atoms with van der Waals surface area (Å²) in [4.78, 5) is 73.5. The van der Waals surface area contributed by atoms with Crippen LogP contribution in [0.3, 0.4) is 0 Å². The molecule has 0 rings (SSSR count). The lowest BCUT2D eigenvalue weighted by atomic mass is 10.0. The number of aliphatic hydroxyl groups excluding tert-OH is 1. The van der Waals surface area contributed by atoms with Gasteiger partial charge in [0, 0.05) is 25.7 Å². The van der Waals surface area contributed by atoms with E-state index < -0.39 is 97.5 Å². The van der Waals surface area contributed by atoms with E-state index in [2.05, 4.69) is 27.7 Å². The van der Waals surface area contributed by atoms with Crippen molar-refractivity contribution < 1.29 is 80.2 Å². The molecule has 0 saturated carbocycles. The van der Waals surface area contributed by atoms with Crippen molar-refractivity contribution >= 4 is 39.5 Å². The molecule has 0 fully saturated rings. The van der Waals surface area contributed by atoms with Gasteiger partial charge in [0.15, 0.2) is 12.2 Å². The van der Waals surface area contributed by atoms with Crippen LogP contribution in [0, 0.1) is 0 Å². The highest BCUT2D eigenvalue weighted by molar-refractivity contribution is 7.47. The molecule has 0 amide bonds. The van der Waals surface area contributed by atoms with Crippen molar-refractivity contribution in [3.05, 3.63) is 0 Å². The van der Waals surface area contributed by atoms with Gasteiger partial charge in [0.1, 0.15) is 19.3 Å². The normalized spacial score (nSPS) is 13.6. The highest BCUT2D eigenvalue weighted by atomic mass is 31.2. The molecule has 2 unspecified atom stereocenters. The van der Waals surface area contributed by atoms with Gasteiger partial charge in [-0.05, 0) is 25.7 Å². The van der Waals surface area contributed by atoms with Gasteiger partial charge in [0.2, 0.25) is 0 Å². The van der Waals surface area contributed by atoms with Crippen LogP contribution in [0.15, 0.2) is 0 Å². The molecule has 0 aromatic carbocycles. The van der Waals surface area contributed by atoms with Gasteiger partial charge in [-0.2, -0.15) is 0 Å². The summed E-state index contributed by atoms with van der Waals surface area (Å²) in [6, 6.07) is 0. The van der Waals surface area contributed by atoms with Crippen molar-refractivity contribution in [2.75, 3.05) is 39.6 Å². The Morgan fingerprint density at radius 1 is 0.216 bits per heavy atom. The second kappa shape index (κ2) is 85.9. The lowest BCUT2D eigenvalue weighted by Gasteiger charge is -2.21. The minimum Gasteiger partial charge on any atom is -0.462 e. The number of ether oxygens (including phenoxy) is 4. The number of phosphoric acid groups is 2. The Morgan fingerprint density at radius 3 is 0.532 bits per heavy atom. The molecule has 0 spiro atoms. The summed E-state index contributed by atoms with van der Waals surface area (Å²) in [6.07, 6.45) is 83.4. The average Bonchev–Trinajstić information content (AvgIpc) is 0.898. The molecule has 0 aliphatic rings. The molecule has 0 radical (unpaired) electrons. The topological polar surface area (TPSA) is 237 Å². The van der Waals surface area contributed by atoms with Crippen molar-refractivity contribution in [3.8, 4) is 0 Å². The molecule has 0 heterocycles. The number of phosphoric ester groups is 2. The number of rotatable bonds is 93. The van der Waals surface area contributed by atoms with Crippen LogP contribution in [0.4, 0.5) is 0 Å². The Balaban J connectivity index is 5.23. The van der Waals surface area contributed by atoms with Crippen LogP contribution < -0.4 is 0 Å². The fourth-order valence-corrected chi connectivity index (χ4v) is 16.2. The van der Waals surface area contributed by atoms with Crippen LogP contribution in [0.5, 0.6) is 0 Å². The Morgan fingerprint density at radius 2 is 0.360 bits per heavy atom. The summed E-state index contributed by atoms with van der Waals surface area (Å²) < 4.78 is 69.1. The highest BCUT2D eigenvalue weighted by Crippen LogP contribution is 2.45. The predicted molar refractivity (Wildman–Crippen MR) is 460 cm³/mol. The van der Waals surface area contributed by atoms with Gasteiger partial charge < -0.3 is 33.8 Å². The monoisotopic (exact) mass is 1620 g/mol. The number of hydrogen-bond donors (Lipinski definition) is 3. The van der Waals surface area contributed by atoms with E-state index in [-0.39, 0.29) is 25.7 Å². The molecular formula is C92H180O17P2. The molecule has 0 aliphatic heterocycles. The Hall–Kier alpha value is -1.94. The second-order valence-electron chi connectivity index (χ2n) is 33.1. The Labute approximate surface area is 683 Å². The fraction of sp³-hybridized carbons (Fsp3) is 0.957. The second-order valence-corrected chi connectivity index (χ2v) is 36.0. The molecule has 5 atom stereocenters. The first-order valence-corrected chi connectivity index (χ1v) is 50.8. The van der Waals surface area contributed by atoms with E-state index in [4.69, 9.17) is 37.0 Å². The van der Waals surface area contributed by atoms with E-state index in [9.17, 15) is 43.2 Å². The third-order valence-electron chi connectivity index (χ3n) is 21.9. The predicted octanol–water partition coefficient (Wildman–Crippen LogP) is 28.9. The molecule has 111 heavy (non-hydrogen) atoms. The van der Waals surface area contributed by atoms with E-state index >= 15 is 0 Å². The summed E-state index contributed by atoms with van der Waals surface area (Å²) in [5, 5.41) is 10.7. The third kappa shape index (κ3) is 85.8. The summed E-state index contributed by atoms with van der Waals surface area (Å²) in [5.41, 5.74) is 0. The maximum absolute atomic E-state index is 13.2. The minimum absolute atomic E-state index is 0.110. The van der Waals surface area contributed by atoms with E-state index in [1.54, 1.807) is 0 Å². The highest BCUT2D eigenvalue weighted by Gasteiger charge is 2.31. The molecule has 17 nitrogen and oxygen atoms in total. The molecule has 0 aromatic heterocycles. The van der Waals surface area contributed by atoms with Gasteiger partial charge in [0.25, 0.3) is 0 Å². The quantitative estimate of drug-likeness (QED) is 0.0222. The smallest absolute Gasteiger partial charge is 0.462 e. The standard InChI is InChI=1S/C92H180O17P2/c1-5-9-13-17-21-25-29-33-36-39-41-43-44-46-49-52-55-59-63-67-71-75-79-92(97)109-88(83-103-90(95)77-73-69-65-61-57-53-50-48-45-42-40-37-34-30-26-22-18-14-10-6-2)85-107-111(100,101)105-81-86(93)80-104-110(98,99)106-84-87(82-102-89(94)76-72-68-64-60-56-32-28-24-20-16-12-8-4)108-91(96)78-74-70-66-62-58-54-51-47-38-35-31-27-23-19-15-11-7-3/h86-88,93H,5-85H2,1-4H3,(H,98,99)(H,100,101)/t86-,87+,88+/m0/s1. The number of hydrogen-bond acceptors (Lipinski definition) is 15. The van der Waals surface area contributed by atoms with Crippen LogP contribution in [-0.2, 0) is 65.4 Å². The van der Waals surface area contributed by atoms with Crippen LogP contribution in [0.25, 0.3) is 0 Å². The van der Waals surface area contributed by atoms with Crippen molar-refractivity contribution in [2.24, 2.45) is 0 Å². The fourth-order valence-electron chi connectivity index (χ4n) is 14.6. The molecule has 0 aromatic rings. The van der Waals surface area contributed by atoms with Crippen molar-refractivity contribution in [2.45, 2.75) is 528 Å². The Kier molecular flexibility index (Phi) is 84.4. The minimum atomic E-state index is -4.97. The van der Waals surface area contributed by atoms with Gasteiger partial charge in [0.05, 0.1) is 26.4 Å². The maximum atomic E-state index is 13.2. The molecule has 660 valence electrons. The van der Waals surface area contributed by atoms with Gasteiger partial charge in [-0.1, -0.05) is 458 Å². The molecule has 0 aliphatic carbocycles. The zero-order valence-corrected chi connectivity index (χ0v) is 74.7. The number of unbranched alkanes of at least 4 members (excludes halogenated alkanes) is 67. The van der Waals surface area contributed by atoms with Crippen molar-refractivity contribution in [1.82, 2.24) is 0 Å². The SMILES string of the molecule is CCCCCCCCCCCCCCCCCCCCCCCCC(=O)O[C@H](COC(=O)CCCCCCCCCCCCCCCCCCCCCC)COP(=O)(O)OC[C@@H](O)COP(=O)(O)OC[C@@H](COC(=O)CCCCCCCCCCCCCC)OC(=O)CCCCCCCCCCCCCCCCCCC. The molecule has 19 heteroatoms. The van der Waals surface area contributed by atoms with Crippen molar-refractivity contribution in [1.29, 1.82) is 0 Å². The first-order chi connectivity index (χ1) is 54.2. The zero-order valence-electron chi connectivity index (χ0n) is 73.0. The zero-order chi connectivity index (χ0) is 81.0. The lowest BCUT2D eigenvalue weighted by Crippen LogP contribution is -2.30. The average molecular weight is 1620 g/mol. The van der Waals surface area contributed by atoms with E-state index in [0.29, 0.717) is 25.7 Å². The lowest BCUT2D eigenvalue weighted by molar-refractivity contribution is -0.161. The number of esters is 4. The first-order valence-electron chi connectivity index (χ1n) is 47.8. The number of carbonyl (C=O) groups excluding carboxylic acids is 4. The van der Waals surface area contributed by atoms with Gasteiger partial charge >= 0.3 is 39.5 Å². The van der Waals surface area contributed by atoms with Crippen LogP contribution >= 0.6 is 15.6 Å². The number of aliphatic hydroxyl groups is 1. The molecule has 0 bridgehead atoms. The van der Waals surface area contributed by atoms with E-state index in [1.807, 2.05) is 0 Å².